The van der Waals surface area contributed by atoms with Crippen LogP contribution in [0, 0.1) is 46.3 Å². The second kappa shape index (κ2) is 9.09. The molecule has 4 aliphatic carbocycles. The fraction of sp³-hybridized carbons (Fsp3) is 0.966. The summed E-state index contributed by atoms with van der Waals surface area (Å²) < 4.78 is 5.64. The first-order valence-corrected chi connectivity index (χ1v) is 14.2. The van der Waals surface area contributed by atoms with Crippen LogP contribution in [0.5, 0.6) is 0 Å². The van der Waals surface area contributed by atoms with E-state index in [1.54, 1.807) is 0 Å². The number of esters is 1. The fourth-order valence-corrected chi connectivity index (χ4v) is 10.0. The highest BCUT2D eigenvalue weighted by atomic mass is 35.5. The van der Waals surface area contributed by atoms with E-state index in [2.05, 4.69) is 34.6 Å². The van der Waals surface area contributed by atoms with Gasteiger partial charge in [0.15, 0.2) is 0 Å². The van der Waals surface area contributed by atoms with Crippen molar-refractivity contribution >= 4 is 17.6 Å². The summed E-state index contributed by atoms with van der Waals surface area (Å²) in [4.78, 5) is 11.4. The second-order valence-corrected chi connectivity index (χ2v) is 14.0. The first-order valence-electron chi connectivity index (χ1n) is 13.9. The van der Waals surface area contributed by atoms with Crippen molar-refractivity contribution in [3.63, 3.8) is 0 Å². The van der Waals surface area contributed by atoms with E-state index in [4.69, 9.17) is 16.3 Å². The predicted octanol–water partition coefficient (Wildman–Crippen LogP) is 8.40. The maximum Gasteiger partial charge on any atom is 0.302 e. The van der Waals surface area contributed by atoms with Crippen LogP contribution in [0.25, 0.3) is 0 Å². The Balaban J connectivity index is 1.47. The number of carbonyl (C=O) groups excluding carboxylic acids is 1. The number of halogens is 1. The number of fused-ring (bicyclic) bond motifs is 5. The Labute approximate surface area is 203 Å². The summed E-state index contributed by atoms with van der Waals surface area (Å²) in [6.45, 7) is 14.0. The minimum atomic E-state index is -0.192. The van der Waals surface area contributed by atoms with Crippen molar-refractivity contribution in [1.29, 1.82) is 0 Å². The summed E-state index contributed by atoms with van der Waals surface area (Å²) in [5.74, 6) is 4.95. The SMILES string of the molecule is CC(=O)OC1CCC2(C)C3CCC4(C)C(C(C)CCCC(C)C)CCC4C3CCC2(Cl)C1. The Morgan fingerprint density at radius 1 is 0.969 bits per heavy atom. The van der Waals surface area contributed by atoms with Gasteiger partial charge in [0.25, 0.3) is 0 Å². The van der Waals surface area contributed by atoms with Crippen LogP contribution in [-0.2, 0) is 9.53 Å². The highest BCUT2D eigenvalue weighted by Crippen LogP contribution is 2.70. The highest BCUT2D eigenvalue weighted by molar-refractivity contribution is 6.24. The Kier molecular flexibility index (Phi) is 7.06. The molecule has 4 saturated carbocycles. The Bertz CT molecular complexity index is 691. The molecule has 9 unspecified atom stereocenters. The quantitative estimate of drug-likeness (QED) is 0.291. The molecule has 0 aliphatic heterocycles. The smallest absolute Gasteiger partial charge is 0.302 e. The summed E-state index contributed by atoms with van der Waals surface area (Å²) in [6, 6.07) is 0. The van der Waals surface area contributed by atoms with Crippen molar-refractivity contribution in [2.75, 3.05) is 0 Å². The number of ether oxygens (including phenoxy) is 1. The third-order valence-electron chi connectivity index (χ3n) is 11.2. The topological polar surface area (TPSA) is 26.3 Å². The number of hydrogen-bond acceptors (Lipinski definition) is 2. The molecular weight excluding hydrogens is 416 g/mol. The molecule has 32 heavy (non-hydrogen) atoms. The minimum Gasteiger partial charge on any atom is -0.462 e. The molecule has 3 heteroatoms. The third-order valence-corrected chi connectivity index (χ3v) is 12.0. The summed E-state index contributed by atoms with van der Waals surface area (Å²) in [5, 5.41) is 0. The van der Waals surface area contributed by atoms with Gasteiger partial charge in [-0.3, -0.25) is 4.79 Å². The molecule has 4 rings (SSSR count). The first-order chi connectivity index (χ1) is 15.0. The van der Waals surface area contributed by atoms with Gasteiger partial charge in [0.2, 0.25) is 0 Å². The molecule has 0 radical (unpaired) electrons. The highest BCUT2D eigenvalue weighted by Gasteiger charge is 2.64. The average molecular weight is 465 g/mol. The van der Waals surface area contributed by atoms with Crippen LogP contribution in [0.2, 0.25) is 0 Å². The van der Waals surface area contributed by atoms with E-state index in [1.807, 2.05) is 0 Å². The Morgan fingerprint density at radius 3 is 2.41 bits per heavy atom. The van der Waals surface area contributed by atoms with Gasteiger partial charge in [-0.25, -0.2) is 0 Å². The van der Waals surface area contributed by atoms with Gasteiger partial charge in [-0.05, 0) is 97.7 Å². The maximum absolute atomic E-state index is 11.6. The van der Waals surface area contributed by atoms with Gasteiger partial charge in [0.05, 0.1) is 4.87 Å². The van der Waals surface area contributed by atoms with Crippen LogP contribution in [-0.4, -0.2) is 16.9 Å². The molecule has 0 bridgehead atoms. The molecule has 0 heterocycles. The standard InChI is InChI=1S/C29H49ClO2/c1-19(2)8-7-9-20(3)24-10-11-25-23-13-17-29(30)18-22(32-21(4)31)12-16-28(29,6)26(23)14-15-27(24,25)5/h19-20,22-26H,7-18H2,1-6H3. The fourth-order valence-electron chi connectivity index (χ4n) is 9.52. The lowest BCUT2D eigenvalue weighted by atomic mass is 9.44. The van der Waals surface area contributed by atoms with Crippen molar-refractivity contribution < 1.29 is 9.53 Å². The van der Waals surface area contributed by atoms with E-state index in [9.17, 15) is 4.79 Å². The minimum absolute atomic E-state index is 0.0195. The molecule has 0 aromatic rings. The zero-order valence-corrected chi connectivity index (χ0v) is 22.5. The zero-order valence-electron chi connectivity index (χ0n) is 21.7. The predicted molar refractivity (Wildman–Crippen MR) is 134 cm³/mol. The molecule has 0 aromatic carbocycles. The maximum atomic E-state index is 11.6. The first kappa shape index (κ1) is 24.9. The molecule has 184 valence electrons. The zero-order chi connectivity index (χ0) is 23.3. The molecule has 4 aliphatic rings. The van der Waals surface area contributed by atoms with Gasteiger partial charge >= 0.3 is 5.97 Å². The van der Waals surface area contributed by atoms with E-state index in [1.165, 1.54) is 58.3 Å². The molecule has 9 atom stereocenters. The van der Waals surface area contributed by atoms with Crippen LogP contribution in [0.3, 0.4) is 0 Å². The van der Waals surface area contributed by atoms with Gasteiger partial charge in [-0.15, -0.1) is 11.6 Å². The Morgan fingerprint density at radius 2 is 1.72 bits per heavy atom. The van der Waals surface area contributed by atoms with Crippen LogP contribution >= 0.6 is 11.6 Å². The monoisotopic (exact) mass is 464 g/mol. The van der Waals surface area contributed by atoms with E-state index in [-0.39, 0.29) is 22.4 Å². The van der Waals surface area contributed by atoms with Gasteiger partial charge in [0.1, 0.15) is 6.10 Å². The summed E-state index contributed by atoms with van der Waals surface area (Å²) >= 11 is 7.46. The molecular formula is C29H49ClO2. The van der Waals surface area contributed by atoms with E-state index >= 15 is 0 Å². The van der Waals surface area contributed by atoms with Crippen molar-refractivity contribution in [2.45, 2.75) is 130 Å². The Hall–Kier alpha value is -0.240. The number of alkyl halides is 1. The average Bonchev–Trinajstić information content (AvgIpc) is 3.05. The number of hydrogen-bond donors (Lipinski definition) is 0. The lowest BCUT2D eigenvalue weighted by Crippen LogP contribution is -2.60. The number of carbonyl (C=O) groups is 1. The van der Waals surface area contributed by atoms with Crippen LogP contribution in [0.1, 0.15) is 119 Å². The summed E-state index contributed by atoms with van der Waals surface area (Å²) in [5.41, 5.74) is 0.729. The van der Waals surface area contributed by atoms with Crippen LogP contribution in [0.15, 0.2) is 0 Å². The van der Waals surface area contributed by atoms with Crippen molar-refractivity contribution in [3.8, 4) is 0 Å². The van der Waals surface area contributed by atoms with Gasteiger partial charge < -0.3 is 4.74 Å². The second-order valence-electron chi connectivity index (χ2n) is 13.3. The van der Waals surface area contributed by atoms with Crippen LogP contribution in [0.4, 0.5) is 0 Å². The van der Waals surface area contributed by atoms with E-state index in [0.717, 1.165) is 61.2 Å². The normalized spacial score (nSPS) is 46.8. The summed E-state index contributed by atoms with van der Waals surface area (Å²) in [7, 11) is 0. The molecule has 2 nitrogen and oxygen atoms in total. The lowest BCUT2D eigenvalue weighted by Gasteiger charge is -2.64. The van der Waals surface area contributed by atoms with Crippen molar-refractivity contribution in [3.05, 3.63) is 0 Å². The van der Waals surface area contributed by atoms with Gasteiger partial charge in [0, 0.05) is 13.3 Å². The molecule has 0 aromatic heterocycles. The summed E-state index contributed by atoms with van der Waals surface area (Å²) in [6.07, 6.45) is 15.2. The van der Waals surface area contributed by atoms with Gasteiger partial charge in [-0.2, -0.15) is 0 Å². The molecule has 0 amide bonds. The van der Waals surface area contributed by atoms with Gasteiger partial charge in [-0.1, -0.05) is 53.9 Å². The van der Waals surface area contributed by atoms with Crippen molar-refractivity contribution in [1.82, 2.24) is 0 Å². The number of rotatable bonds is 6. The molecule has 0 saturated heterocycles. The van der Waals surface area contributed by atoms with E-state index in [0.29, 0.717) is 5.41 Å². The van der Waals surface area contributed by atoms with Crippen molar-refractivity contribution in [2.24, 2.45) is 46.3 Å². The lowest BCUT2D eigenvalue weighted by molar-refractivity contribution is -0.157. The van der Waals surface area contributed by atoms with E-state index < -0.39 is 0 Å². The largest absolute Gasteiger partial charge is 0.462 e. The molecule has 0 spiro atoms. The third kappa shape index (κ3) is 4.18. The molecule has 0 N–H and O–H groups in total. The molecule has 4 fully saturated rings. The van der Waals surface area contributed by atoms with Crippen LogP contribution < -0.4 is 0 Å².